The largest absolute Gasteiger partial charge is 0.391 e. The zero-order chi connectivity index (χ0) is 13.8. The number of terminal acetylenes is 1. The third kappa shape index (κ3) is 4.22. The van der Waals surface area contributed by atoms with E-state index >= 15 is 0 Å². The lowest BCUT2D eigenvalue weighted by Gasteiger charge is -2.30. The molecule has 102 valence electrons. The number of halogens is 3. The molecule has 1 saturated carbocycles. The molecule has 0 aromatic rings. The normalized spacial score (nSPS) is 26.2. The molecule has 1 amide bonds. The molecule has 1 unspecified atom stereocenters. The topological polar surface area (TPSA) is 55.1 Å². The van der Waals surface area contributed by atoms with E-state index in [1.54, 1.807) is 0 Å². The number of hydrogen-bond acceptors (Lipinski definition) is 2. The minimum Gasteiger partial charge on any atom is -0.352 e. The van der Waals surface area contributed by atoms with E-state index in [0.29, 0.717) is 12.8 Å². The van der Waals surface area contributed by atoms with E-state index in [4.69, 9.17) is 12.2 Å². The van der Waals surface area contributed by atoms with E-state index in [2.05, 4.69) is 11.2 Å². The van der Waals surface area contributed by atoms with Crippen LogP contribution in [0.4, 0.5) is 13.2 Å². The van der Waals surface area contributed by atoms with Crippen molar-refractivity contribution in [3.8, 4) is 12.3 Å². The summed E-state index contributed by atoms with van der Waals surface area (Å²) in [6, 6.07) is -1.00. The van der Waals surface area contributed by atoms with Crippen LogP contribution in [0.1, 0.15) is 32.1 Å². The Bertz CT molecular complexity index is 327. The number of hydrogen-bond donors (Lipinski definition) is 2. The SMILES string of the molecule is C#CCC(N)C(=O)NC1CCC(C(F)(F)F)CC1. The zero-order valence-corrected chi connectivity index (χ0v) is 9.96. The highest BCUT2D eigenvalue weighted by Crippen LogP contribution is 2.37. The Kier molecular flexibility index (Phi) is 5.03. The lowest BCUT2D eigenvalue weighted by atomic mass is 9.85. The van der Waals surface area contributed by atoms with Crippen LogP contribution in [0.2, 0.25) is 0 Å². The second-order valence-corrected chi connectivity index (χ2v) is 4.61. The second kappa shape index (κ2) is 6.10. The molecular weight excluding hydrogens is 245 g/mol. The first kappa shape index (κ1) is 14.8. The molecule has 1 fully saturated rings. The highest BCUT2D eigenvalue weighted by Gasteiger charge is 2.41. The molecule has 1 atom stereocenters. The van der Waals surface area contributed by atoms with Gasteiger partial charge in [-0.25, -0.2) is 0 Å². The average Bonchev–Trinajstić information content (AvgIpc) is 2.28. The lowest BCUT2D eigenvalue weighted by molar-refractivity contribution is -0.182. The van der Waals surface area contributed by atoms with Gasteiger partial charge < -0.3 is 11.1 Å². The summed E-state index contributed by atoms with van der Waals surface area (Å²) in [6.07, 6.45) is 1.80. The fourth-order valence-corrected chi connectivity index (χ4v) is 2.09. The molecule has 0 heterocycles. The van der Waals surface area contributed by atoms with Crippen LogP contribution in [0, 0.1) is 18.3 Å². The van der Waals surface area contributed by atoms with E-state index < -0.39 is 18.1 Å². The van der Waals surface area contributed by atoms with Gasteiger partial charge in [0.15, 0.2) is 0 Å². The standard InChI is InChI=1S/C12H17F3N2O/c1-2-3-10(16)11(18)17-9-6-4-8(5-7-9)12(13,14)15/h1,8-10H,3-7,16H2,(H,17,18). The first-order valence-corrected chi connectivity index (χ1v) is 5.90. The van der Waals surface area contributed by atoms with Gasteiger partial charge in [0.1, 0.15) is 0 Å². The van der Waals surface area contributed by atoms with Gasteiger partial charge in [-0.2, -0.15) is 13.2 Å². The highest BCUT2D eigenvalue weighted by molar-refractivity contribution is 5.82. The van der Waals surface area contributed by atoms with Crippen LogP contribution in [-0.2, 0) is 4.79 Å². The molecule has 0 aromatic heterocycles. The summed E-state index contributed by atoms with van der Waals surface area (Å²) >= 11 is 0. The Morgan fingerprint density at radius 1 is 1.39 bits per heavy atom. The van der Waals surface area contributed by atoms with Crippen molar-refractivity contribution in [2.75, 3.05) is 0 Å². The summed E-state index contributed by atoms with van der Waals surface area (Å²) in [5.41, 5.74) is 5.51. The van der Waals surface area contributed by atoms with Gasteiger partial charge in [-0.05, 0) is 25.7 Å². The van der Waals surface area contributed by atoms with Crippen molar-refractivity contribution < 1.29 is 18.0 Å². The quantitative estimate of drug-likeness (QED) is 0.759. The van der Waals surface area contributed by atoms with Crippen LogP contribution in [0.15, 0.2) is 0 Å². The third-order valence-corrected chi connectivity index (χ3v) is 3.21. The van der Waals surface area contributed by atoms with Gasteiger partial charge in [0.2, 0.25) is 5.91 Å². The Labute approximate surface area is 104 Å². The molecule has 0 spiro atoms. The van der Waals surface area contributed by atoms with Gasteiger partial charge >= 0.3 is 6.18 Å². The van der Waals surface area contributed by atoms with E-state index in [1.807, 2.05) is 0 Å². The molecule has 0 aliphatic heterocycles. The van der Waals surface area contributed by atoms with Crippen LogP contribution in [0.5, 0.6) is 0 Å². The molecule has 0 bridgehead atoms. The number of carbonyl (C=O) groups is 1. The van der Waals surface area contributed by atoms with Crippen LogP contribution in [0.25, 0.3) is 0 Å². The predicted octanol–water partition coefficient (Wildman–Crippen LogP) is 1.57. The Morgan fingerprint density at radius 3 is 2.39 bits per heavy atom. The van der Waals surface area contributed by atoms with E-state index in [1.165, 1.54) is 0 Å². The maximum absolute atomic E-state index is 12.4. The number of nitrogens with two attached hydrogens (primary N) is 1. The summed E-state index contributed by atoms with van der Waals surface area (Å²) in [7, 11) is 0. The molecule has 1 rings (SSSR count). The Hall–Kier alpha value is -1.22. The van der Waals surface area contributed by atoms with Gasteiger partial charge in [0, 0.05) is 12.5 Å². The fourth-order valence-electron chi connectivity index (χ4n) is 2.09. The lowest BCUT2D eigenvalue weighted by Crippen LogP contribution is -2.47. The van der Waals surface area contributed by atoms with Gasteiger partial charge in [-0.1, -0.05) is 0 Å². The van der Waals surface area contributed by atoms with Gasteiger partial charge in [0.05, 0.1) is 12.0 Å². The molecule has 3 N–H and O–H groups in total. The molecule has 1 aliphatic carbocycles. The van der Waals surface area contributed by atoms with Gasteiger partial charge in [0.25, 0.3) is 0 Å². The van der Waals surface area contributed by atoms with Crippen LogP contribution in [0.3, 0.4) is 0 Å². The summed E-state index contributed by atoms with van der Waals surface area (Å²) < 4.78 is 37.3. The predicted molar refractivity (Wildman–Crippen MR) is 61.4 cm³/mol. The van der Waals surface area contributed by atoms with Gasteiger partial charge in [-0.15, -0.1) is 12.3 Å². The Balaban J connectivity index is 2.36. The number of rotatable bonds is 3. The fraction of sp³-hybridized carbons (Fsp3) is 0.750. The van der Waals surface area contributed by atoms with E-state index in [-0.39, 0.29) is 31.2 Å². The monoisotopic (exact) mass is 262 g/mol. The second-order valence-electron chi connectivity index (χ2n) is 4.61. The molecule has 3 nitrogen and oxygen atoms in total. The number of amides is 1. The molecule has 0 radical (unpaired) electrons. The number of alkyl halides is 3. The number of carbonyl (C=O) groups excluding carboxylic acids is 1. The van der Waals surface area contributed by atoms with Crippen LogP contribution in [-0.4, -0.2) is 24.2 Å². The maximum Gasteiger partial charge on any atom is 0.391 e. The molecule has 1 aliphatic rings. The van der Waals surface area contributed by atoms with E-state index in [0.717, 1.165) is 0 Å². The number of nitrogens with one attached hydrogen (secondary N) is 1. The molecule has 0 aromatic carbocycles. The Morgan fingerprint density at radius 2 is 1.94 bits per heavy atom. The molecular formula is C12H17F3N2O. The summed E-state index contributed by atoms with van der Waals surface area (Å²) in [4.78, 5) is 11.5. The summed E-state index contributed by atoms with van der Waals surface area (Å²) in [5, 5.41) is 2.65. The smallest absolute Gasteiger partial charge is 0.352 e. The highest BCUT2D eigenvalue weighted by atomic mass is 19.4. The molecule has 6 heteroatoms. The summed E-state index contributed by atoms with van der Waals surface area (Å²) in [5.74, 6) is 0.647. The van der Waals surface area contributed by atoms with Crippen LogP contribution < -0.4 is 11.1 Å². The van der Waals surface area contributed by atoms with Crippen molar-refractivity contribution in [2.45, 2.75) is 50.4 Å². The maximum atomic E-state index is 12.4. The first-order chi connectivity index (χ1) is 8.34. The first-order valence-electron chi connectivity index (χ1n) is 5.90. The van der Waals surface area contributed by atoms with Crippen molar-refractivity contribution in [1.29, 1.82) is 0 Å². The summed E-state index contributed by atoms with van der Waals surface area (Å²) in [6.45, 7) is 0. The average molecular weight is 262 g/mol. The minimum atomic E-state index is -4.13. The zero-order valence-electron chi connectivity index (χ0n) is 9.96. The van der Waals surface area contributed by atoms with Crippen molar-refractivity contribution in [3.63, 3.8) is 0 Å². The third-order valence-electron chi connectivity index (χ3n) is 3.21. The van der Waals surface area contributed by atoms with E-state index in [9.17, 15) is 18.0 Å². The molecule has 18 heavy (non-hydrogen) atoms. The van der Waals surface area contributed by atoms with Gasteiger partial charge in [-0.3, -0.25) is 4.79 Å². The minimum absolute atomic E-state index is 0.0544. The van der Waals surface area contributed by atoms with Crippen molar-refractivity contribution >= 4 is 5.91 Å². The van der Waals surface area contributed by atoms with Crippen molar-refractivity contribution in [3.05, 3.63) is 0 Å². The van der Waals surface area contributed by atoms with Crippen molar-refractivity contribution in [1.82, 2.24) is 5.32 Å². The van der Waals surface area contributed by atoms with Crippen molar-refractivity contribution in [2.24, 2.45) is 11.7 Å². The molecule has 0 saturated heterocycles. The van der Waals surface area contributed by atoms with Crippen LogP contribution >= 0.6 is 0 Å².